The quantitative estimate of drug-likeness (QED) is 0.0403. The van der Waals surface area contributed by atoms with E-state index in [9.17, 15) is 9.59 Å². The average molecular weight is 673 g/mol. The van der Waals surface area contributed by atoms with Gasteiger partial charge >= 0.3 is 11.9 Å². The van der Waals surface area contributed by atoms with Crippen molar-refractivity contribution >= 4 is 11.9 Å². The SMILES string of the molecule is CCCCC/C=C\C/C=C\CCCC/C=C\CCCCCCCC(=O)OC(CCCCCCCCCC)CCCCCCCCC(=O)O. The molecule has 0 aliphatic rings. The van der Waals surface area contributed by atoms with Crippen LogP contribution in [0.3, 0.4) is 0 Å². The first-order valence-corrected chi connectivity index (χ1v) is 21.0. The van der Waals surface area contributed by atoms with Gasteiger partial charge in [-0.1, -0.05) is 153 Å². The van der Waals surface area contributed by atoms with Gasteiger partial charge in [0.05, 0.1) is 0 Å². The minimum absolute atomic E-state index is 0.00121. The number of carboxylic acids is 1. The molecule has 0 heterocycles. The summed E-state index contributed by atoms with van der Waals surface area (Å²) >= 11 is 0. The predicted octanol–water partition coefficient (Wildman–Crippen LogP) is 14.6. The lowest BCUT2D eigenvalue weighted by molar-refractivity contribution is -0.150. The molecule has 0 rings (SSSR count). The van der Waals surface area contributed by atoms with Gasteiger partial charge in [-0.05, 0) is 96.3 Å². The Kier molecular flexibility index (Phi) is 38.1. The molecular weight excluding hydrogens is 592 g/mol. The minimum Gasteiger partial charge on any atom is -0.481 e. The largest absolute Gasteiger partial charge is 0.481 e. The zero-order valence-corrected chi connectivity index (χ0v) is 32.0. The van der Waals surface area contributed by atoms with Gasteiger partial charge in [-0.3, -0.25) is 9.59 Å². The van der Waals surface area contributed by atoms with Gasteiger partial charge in [-0.15, -0.1) is 0 Å². The third kappa shape index (κ3) is 38.6. The molecule has 0 spiro atoms. The monoisotopic (exact) mass is 673 g/mol. The van der Waals surface area contributed by atoms with E-state index in [0.717, 1.165) is 77.0 Å². The second kappa shape index (κ2) is 39.6. The normalized spacial score (nSPS) is 12.5. The van der Waals surface area contributed by atoms with E-state index in [1.54, 1.807) is 0 Å². The summed E-state index contributed by atoms with van der Waals surface area (Å²) < 4.78 is 6.01. The molecule has 0 aliphatic heterocycles. The summed E-state index contributed by atoms with van der Waals surface area (Å²) in [6.07, 6.45) is 51.7. The topological polar surface area (TPSA) is 63.6 Å². The van der Waals surface area contributed by atoms with Crippen molar-refractivity contribution in [3.05, 3.63) is 36.5 Å². The van der Waals surface area contributed by atoms with Crippen LogP contribution in [0.1, 0.15) is 226 Å². The van der Waals surface area contributed by atoms with E-state index in [1.165, 1.54) is 122 Å². The standard InChI is InChI=1S/C44H80O4/c1-3-5-7-9-11-13-14-15-16-17-18-19-20-21-22-23-24-25-27-33-37-41-44(47)48-42(38-34-30-26-12-10-8-6-4-2)39-35-31-28-29-32-36-40-43(45)46/h11,13,15-16,21-22,42H,3-10,12,14,17-20,23-41H2,1-2H3,(H,45,46)/b13-11-,16-15-,22-21-. The molecule has 4 heteroatoms. The van der Waals surface area contributed by atoms with Crippen LogP contribution in [-0.2, 0) is 14.3 Å². The molecule has 1 unspecified atom stereocenters. The maximum atomic E-state index is 12.7. The first-order valence-electron chi connectivity index (χ1n) is 21.0. The van der Waals surface area contributed by atoms with Crippen LogP contribution in [0.5, 0.6) is 0 Å². The molecule has 0 aromatic heterocycles. The van der Waals surface area contributed by atoms with E-state index >= 15 is 0 Å². The van der Waals surface area contributed by atoms with E-state index in [4.69, 9.17) is 9.84 Å². The number of ether oxygens (including phenoxy) is 1. The van der Waals surface area contributed by atoms with Crippen LogP contribution in [0.15, 0.2) is 36.5 Å². The highest BCUT2D eigenvalue weighted by Crippen LogP contribution is 2.19. The van der Waals surface area contributed by atoms with Crippen molar-refractivity contribution in [2.75, 3.05) is 0 Å². The van der Waals surface area contributed by atoms with Crippen LogP contribution in [0.4, 0.5) is 0 Å². The molecule has 0 radical (unpaired) electrons. The van der Waals surface area contributed by atoms with E-state index in [0.29, 0.717) is 6.42 Å². The summed E-state index contributed by atoms with van der Waals surface area (Å²) in [4.78, 5) is 23.3. The van der Waals surface area contributed by atoms with E-state index in [2.05, 4.69) is 50.3 Å². The number of hydrogen-bond donors (Lipinski definition) is 1. The van der Waals surface area contributed by atoms with Crippen molar-refractivity contribution in [1.29, 1.82) is 0 Å². The summed E-state index contributed by atoms with van der Waals surface area (Å²) in [5.41, 5.74) is 0. The summed E-state index contributed by atoms with van der Waals surface area (Å²) in [6, 6.07) is 0. The van der Waals surface area contributed by atoms with Crippen molar-refractivity contribution in [2.24, 2.45) is 0 Å². The minimum atomic E-state index is -0.694. The molecule has 4 nitrogen and oxygen atoms in total. The number of esters is 1. The fraction of sp³-hybridized carbons (Fsp3) is 0.818. The predicted molar refractivity (Wildman–Crippen MR) is 209 cm³/mol. The number of rotatable bonds is 38. The Balaban J connectivity index is 3.93. The van der Waals surface area contributed by atoms with Crippen molar-refractivity contribution in [1.82, 2.24) is 0 Å². The number of unbranched alkanes of at least 4 members (excludes halogenated alkanes) is 23. The number of carbonyl (C=O) groups is 2. The highest BCUT2D eigenvalue weighted by atomic mass is 16.5. The molecule has 0 saturated carbocycles. The van der Waals surface area contributed by atoms with E-state index in [-0.39, 0.29) is 18.5 Å². The van der Waals surface area contributed by atoms with Crippen LogP contribution >= 0.6 is 0 Å². The highest BCUT2D eigenvalue weighted by molar-refractivity contribution is 5.69. The summed E-state index contributed by atoms with van der Waals surface area (Å²) in [6.45, 7) is 4.52. The molecule has 0 bridgehead atoms. The summed E-state index contributed by atoms with van der Waals surface area (Å²) in [7, 11) is 0. The van der Waals surface area contributed by atoms with Gasteiger partial charge in [0.25, 0.3) is 0 Å². The van der Waals surface area contributed by atoms with Gasteiger partial charge in [0.15, 0.2) is 0 Å². The Morgan fingerprint density at radius 1 is 0.458 bits per heavy atom. The zero-order chi connectivity index (χ0) is 35.0. The van der Waals surface area contributed by atoms with Crippen LogP contribution in [0.2, 0.25) is 0 Å². The van der Waals surface area contributed by atoms with Gasteiger partial charge < -0.3 is 9.84 Å². The van der Waals surface area contributed by atoms with E-state index in [1.807, 2.05) is 0 Å². The Hall–Kier alpha value is -1.84. The summed E-state index contributed by atoms with van der Waals surface area (Å²) in [5.74, 6) is -0.692. The van der Waals surface area contributed by atoms with E-state index < -0.39 is 5.97 Å². The number of allylic oxidation sites excluding steroid dienone is 6. The second-order valence-corrected chi connectivity index (χ2v) is 14.2. The van der Waals surface area contributed by atoms with Gasteiger partial charge in [0.2, 0.25) is 0 Å². The molecule has 1 N–H and O–H groups in total. The lowest BCUT2D eigenvalue weighted by atomic mass is 10.0. The van der Waals surface area contributed by atoms with Crippen LogP contribution in [0, 0.1) is 0 Å². The molecule has 48 heavy (non-hydrogen) atoms. The van der Waals surface area contributed by atoms with Crippen molar-refractivity contribution in [3.63, 3.8) is 0 Å². The lowest BCUT2D eigenvalue weighted by Crippen LogP contribution is -2.18. The molecule has 0 fully saturated rings. The smallest absolute Gasteiger partial charge is 0.306 e. The van der Waals surface area contributed by atoms with Crippen molar-refractivity contribution in [2.45, 2.75) is 232 Å². The first-order chi connectivity index (χ1) is 23.6. The molecular formula is C44H80O4. The molecule has 0 aromatic rings. The van der Waals surface area contributed by atoms with Gasteiger partial charge in [0, 0.05) is 12.8 Å². The Labute approximate surface area is 299 Å². The molecule has 0 aliphatic carbocycles. The average Bonchev–Trinajstić information content (AvgIpc) is 3.07. The number of aliphatic carboxylic acids is 1. The van der Waals surface area contributed by atoms with Gasteiger partial charge in [0.1, 0.15) is 6.10 Å². The fourth-order valence-electron chi connectivity index (χ4n) is 6.21. The zero-order valence-electron chi connectivity index (χ0n) is 32.0. The first kappa shape index (κ1) is 46.2. The maximum Gasteiger partial charge on any atom is 0.306 e. The molecule has 280 valence electrons. The molecule has 1 atom stereocenters. The second-order valence-electron chi connectivity index (χ2n) is 14.2. The van der Waals surface area contributed by atoms with Gasteiger partial charge in [-0.25, -0.2) is 0 Å². The molecule has 0 saturated heterocycles. The molecule has 0 aromatic carbocycles. The molecule has 0 amide bonds. The number of carbonyl (C=O) groups excluding carboxylic acids is 1. The van der Waals surface area contributed by atoms with Crippen LogP contribution in [-0.4, -0.2) is 23.1 Å². The van der Waals surface area contributed by atoms with Crippen LogP contribution in [0.25, 0.3) is 0 Å². The van der Waals surface area contributed by atoms with Crippen LogP contribution < -0.4 is 0 Å². The maximum absolute atomic E-state index is 12.7. The Morgan fingerprint density at radius 3 is 1.31 bits per heavy atom. The Morgan fingerprint density at radius 2 is 0.812 bits per heavy atom. The third-order valence-corrected chi connectivity index (χ3v) is 9.33. The van der Waals surface area contributed by atoms with Crippen molar-refractivity contribution < 1.29 is 19.4 Å². The van der Waals surface area contributed by atoms with Crippen molar-refractivity contribution in [3.8, 4) is 0 Å². The third-order valence-electron chi connectivity index (χ3n) is 9.33. The highest BCUT2D eigenvalue weighted by Gasteiger charge is 2.14. The van der Waals surface area contributed by atoms with Gasteiger partial charge in [-0.2, -0.15) is 0 Å². The Bertz CT molecular complexity index is 768. The lowest BCUT2D eigenvalue weighted by Gasteiger charge is -2.18. The number of carboxylic acid groups (broad SMARTS) is 1. The number of hydrogen-bond acceptors (Lipinski definition) is 3. The summed E-state index contributed by atoms with van der Waals surface area (Å²) in [5, 5.41) is 8.78. The fourth-order valence-corrected chi connectivity index (χ4v) is 6.21.